The van der Waals surface area contributed by atoms with Crippen LogP contribution in [0.15, 0.2) is 22.7 Å². The van der Waals surface area contributed by atoms with Crippen LogP contribution in [0.25, 0.3) is 0 Å². The monoisotopic (exact) mass is 301 g/mol. The lowest BCUT2D eigenvalue weighted by molar-refractivity contribution is 0.0692. The van der Waals surface area contributed by atoms with E-state index in [4.69, 9.17) is 9.84 Å². The first kappa shape index (κ1) is 14.0. The van der Waals surface area contributed by atoms with Gasteiger partial charge in [0.2, 0.25) is 0 Å². The average molecular weight is 302 g/mol. The van der Waals surface area contributed by atoms with E-state index in [1.165, 1.54) is 0 Å². The largest absolute Gasteiger partial charge is 0.493 e. The molecule has 0 radical (unpaired) electrons. The van der Waals surface area contributed by atoms with Crippen LogP contribution in [0.5, 0.6) is 5.75 Å². The van der Waals surface area contributed by atoms with Crippen LogP contribution in [0, 0.1) is 0 Å². The Kier molecular flexibility index (Phi) is 5.44. The molecule has 94 valence electrons. The van der Waals surface area contributed by atoms with Gasteiger partial charge in [0, 0.05) is 11.0 Å². The lowest BCUT2D eigenvalue weighted by Gasteiger charge is -2.12. The predicted octanol–water partition coefficient (Wildman–Crippen LogP) is 2.48. The number of halogens is 1. The molecule has 0 spiro atoms. The molecule has 0 aromatic heterocycles. The quantitative estimate of drug-likeness (QED) is 0.820. The van der Waals surface area contributed by atoms with Gasteiger partial charge in [0.15, 0.2) is 0 Å². The van der Waals surface area contributed by atoms with Gasteiger partial charge in [-0.15, -0.1) is 0 Å². The van der Waals surface area contributed by atoms with E-state index in [9.17, 15) is 4.79 Å². The van der Waals surface area contributed by atoms with E-state index in [1.54, 1.807) is 18.2 Å². The number of hydrogen-bond acceptors (Lipinski definition) is 3. The fraction of sp³-hybridized carbons (Fsp3) is 0.417. The second kappa shape index (κ2) is 6.61. The second-order valence-corrected chi connectivity index (χ2v) is 4.87. The standard InChI is InChI=1S/C12H16BrNO3/c1-14(2)6-3-7-17-11-5-4-9(13)8-10(11)12(15)16/h4-5,8H,3,6-7H2,1-2H3,(H,15,16). The zero-order chi connectivity index (χ0) is 12.8. The van der Waals surface area contributed by atoms with Crippen molar-refractivity contribution in [1.82, 2.24) is 4.90 Å². The highest BCUT2D eigenvalue weighted by atomic mass is 79.9. The summed E-state index contributed by atoms with van der Waals surface area (Å²) in [6, 6.07) is 4.99. The molecule has 4 nitrogen and oxygen atoms in total. The van der Waals surface area contributed by atoms with E-state index in [0.717, 1.165) is 17.4 Å². The molecule has 0 unspecified atom stereocenters. The normalized spacial score (nSPS) is 10.6. The van der Waals surface area contributed by atoms with E-state index in [0.29, 0.717) is 12.4 Å². The lowest BCUT2D eigenvalue weighted by atomic mass is 10.2. The van der Waals surface area contributed by atoms with Crippen molar-refractivity contribution in [2.45, 2.75) is 6.42 Å². The second-order valence-electron chi connectivity index (χ2n) is 3.95. The summed E-state index contributed by atoms with van der Waals surface area (Å²) >= 11 is 3.24. The van der Waals surface area contributed by atoms with Crippen molar-refractivity contribution in [2.24, 2.45) is 0 Å². The highest BCUT2D eigenvalue weighted by Gasteiger charge is 2.11. The topological polar surface area (TPSA) is 49.8 Å². The summed E-state index contributed by atoms with van der Waals surface area (Å²) in [7, 11) is 3.98. The van der Waals surface area contributed by atoms with E-state index >= 15 is 0 Å². The number of carboxylic acids is 1. The van der Waals surface area contributed by atoms with Crippen molar-refractivity contribution in [3.63, 3.8) is 0 Å². The Morgan fingerprint density at radius 2 is 2.18 bits per heavy atom. The van der Waals surface area contributed by atoms with Crippen molar-refractivity contribution < 1.29 is 14.6 Å². The van der Waals surface area contributed by atoms with Gasteiger partial charge in [-0.1, -0.05) is 15.9 Å². The van der Waals surface area contributed by atoms with Crippen LogP contribution in [0.2, 0.25) is 0 Å². The van der Waals surface area contributed by atoms with Crippen LogP contribution >= 0.6 is 15.9 Å². The van der Waals surface area contributed by atoms with Crippen LogP contribution < -0.4 is 4.74 Å². The van der Waals surface area contributed by atoms with Crippen molar-refractivity contribution >= 4 is 21.9 Å². The highest BCUT2D eigenvalue weighted by molar-refractivity contribution is 9.10. The Labute approximate surface area is 109 Å². The van der Waals surface area contributed by atoms with Crippen LogP contribution in [0.3, 0.4) is 0 Å². The molecule has 0 amide bonds. The molecule has 1 N–H and O–H groups in total. The molecule has 0 aliphatic carbocycles. The summed E-state index contributed by atoms with van der Waals surface area (Å²) in [6.07, 6.45) is 0.863. The van der Waals surface area contributed by atoms with Crippen molar-refractivity contribution in [2.75, 3.05) is 27.2 Å². The Hall–Kier alpha value is -1.07. The minimum absolute atomic E-state index is 0.184. The Balaban J connectivity index is 2.61. The summed E-state index contributed by atoms with van der Waals surface area (Å²) in [5, 5.41) is 9.03. The van der Waals surface area contributed by atoms with Crippen LogP contribution in [-0.4, -0.2) is 43.2 Å². The summed E-state index contributed by atoms with van der Waals surface area (Å²) < 4.78 is 6.21. The van der Waals surface area contributed by atoms with Gasteiger partial charge in [-0.2, -0.15) is 0 Å². The number of hydrogen-bond donors (Lipinski definition) is 1. The van der Waals surface area contributed by atoms with E-state index in [1.807, 2.05) is 14.1 Å². The number of carbonyl (C=O) groups is 1. The number of aromatic carboxylic acids is 1. The molecule has 0 saturated carbocycles. The molecule has 0 aliphatic rings. The fourth-order valence-corrected chi connectivity index (χ4v) is 1.72. The van der Waals surface area contributed by atoms with E-state index < -0.39 is 5.97 Å². The third-order valence-corrected chi connectivity index (χ3v) is 2.67. The number of ether oxygens (including phenoxy) is 1. The minimum Gasteiger partial charge on any atom is -0.493 e. The molecule has 0 fully saturated rings. The van der Waals surface area contributed by atoms with Gasteiger partial charge in [0.25, 0.3) is 0 Å². The fourth-order valence-electron chi connectivity index (χ4n) is 1.36. The minimum atomic E-state index is -0.978. The maximum Gasteiger partial charge on any atom is 0.339 e. The first-order chi connectivity index (χ1) is 8.00. The van der Waals surface area contributed by atoms with Gasteiger partial charge >= 0.3 is 5.97 Å². The summed E-state index contributed by atoms with van der Waals surface area (Å²) in [5.41, 5.74) is 0.184. The molecule has 0 saturated heterocycles. The molecule has 1 aromatic rings. The van der Waals surface area contributed by atoms with Gasteiger partial charge in [0.05, 0.1) is 6.61 Å². The summed E-state index contributed by atoms with van der Waals surface area (Å²) in [6.45, 7) is 1.43. The number of carboxylic acid groups (broad SMARTS) is 1. The first-order valence-electron chi connectivity index (χ1n) is 5.31. The highest BCUT2D eigenvalue weighted by Crippen LogP contribution is 2.23. The van der Waals surface area contributed by atoms with Crippen molar-refractivity contribution in [3.05, 3.63) is 28.2 Å². The Bertz CT molecular complexity index is 393. The maximum atomic E-state index is 11.0. The van der Waals surface area contributed by atoms with Gasteiger partial charge < -0.3 is 14.7 Å². The Morgan fingerprint density at radius 3 is 2.76 bits per heavy atom. The molecule has 0 aliphatic heterocycles. The zero-order valence-corrected chi connectivity index (χ0v) is 11.5. The predicted molar refractivity (Wildman–Crippen MR) is 69.8 cm³/mol. The number of benzene rings is 1. The first-order valence-corrected chi connectivity index (χ1v) is 6.10. The SMILES string of the molecule is CN(C)CCCOc1ccc(Br)cc1C(=O)O. The molecule has 0 heterocycles. The molecular formula is C12H16BrNO3. The molecule has 0 bridgehead atoms. The molecule has 0 atom stereocenters. The van der Waals surface area contributed by atoms with Crippen molar-refractivity contribution in [1.29, 1.82) is 0 Å². The zero-order valence-electron chi connectivity index (χ0n) is 9.94. The average Bonchev–Trinajstić information content (AvgIpc) is 2.25. The van der Waals surface area contributed by atoms with Gasteiger partial charge in [-0.3, -0.25) is 0 Å². The smallest absolute Gasteiger partial charge is 0.339 e. The van der Waals surface area contributed by atoms with Gasteiger partial charge in [0.1, 0.15) is 11.3 Å². The third-order valence-electron chi connectivity index (χ3n) is 2.18. The summed E-state index contributed by atoms with van der Waals surface area (Å²) in [5.74, 6) is -0.562. The van der Waals surface area contributed by atoms with Crippen molar-refractivity contribution in [3.8, 4) is 5.75 Å². The van der Waals surface area contributed by atoms with Crippen LogP contribution in [0.1, 0.15) is 16.8 Å². The number of nitrogens with zero attached hydrogens (tertiary/aromatic N) is 1. The molecule has 1 aromatic carbocycles. The molecule has 17 heavy (non-hydrogen) atoms. The molecule has 1 rings (SSSR count). The van der Waals surface area contributed by atoms with Crippen LogP contribution in [-0.2, 0) is 0 Å². The van der Waals surface area contributed by atoms with Gasteiger partial charge in [-0.25, -0.2) is 4.79 Å². The molecular weight excluding hydrogens is 286 g/mol. The Morgan fingerprint density at radius 1 is 1.47 bits per heavy atom. The summed E-state index contributed by atoms with van der Waals surface area (Å²) in [4.78, 5) is 13.1. The van der Waals surface area contributed by atoms with E-state index in [2.05, 4.69) is 20.8 Å². The third kappa shape index (κ3) is 4.75. The van der Waals surface area contributed by atoms with E-state index in [-0.39, 0.29) is 5.56 Å². The maximum absolute atomic E-state index is 11.0. The lowest BCUT2D eigenvalue weighted by Crippen LogP contribution is -2.16. The number of rotatable bonds is 6. The molecule has 5 heteroatoms. The van der Waals surface area contributed by atoms with Crippen LogP contribution in [0.4, 0.5) is 0 Å². The van der Waals surface area contributed by atoms with Gasteiger partial charge in [-0.05, 0) is 38.7 Å².